The number of ether oxygens (including phenoxy) is 3. The van der Waals surface area contributed by atoms with E-state index < -0.39 is 5.97 Å². The molecule has 0 aliphatic rings. The molecule has 1 rings (SSSR count). The normalized spacial score (nSPS) is 10.3. The zero-order valence-electron chi connectivity index (χ0n) is 11.8. The molecular weight excluding hydrogens is 276 g/mol. The Kier molecular flexibility index (Phi) is 8.83. The Morgan fingerprint density at radius 1 is 1.00 bits per heavy atom. The first-order valence-corrected chi connectivity index (χ1v) is 6.75. The predicted octanol–water partition coefficient (Wildman–Crippen LogP) is 1.63. The summed E-state index contributed by atoms with van der Waals surface area (Å²) in [6.45, 7) is 0.909. The Hall–Kier alpha value is -1.92. The van der Waals surface area contributed by atoms with Crippen molar-refractivity contribution in [2.75, 3.05) is 26.4 Å². The summed E-state index contributed by atoms with van der Waals surface area (Å²) < 4.78 is 15.1. The van der Waals surface area contributed by atoms with E-state index in [1.54, 1.807) is 0 Å². The van der Waals surface area contributed by atoms with Crippen LogP contribution in [0.2, 0.25) is 0 Å². The van der Waals surface area contributed by atoms with Crippen LogP contribution in [-0.4, -0.2) is 43.5 Å². The maximum Gasteiger partial charge on any atom is 0.329 e. The highest BCUT2D eigenvalue weighted by molar-refractivity contribution is 5.69. The third kappa shape index (κ3) is 9.59. The van der Waals surface area contributed by atoms with Crippen LogP contribution >= 0.6 is 0 Å². The van der Waals surface area contributed by atoms with Crippen LogP contribution in [0.15, 0.2) is 30.3 Å². The van der Waals surface area contributed by atoms with Gasteiger partial charge in [0.2, 0.25) is 0 Å². The van der Waals surface area contributed by atoms with E-state index >= 15 is 0 Å². The zero-order valence-corrected chi connectivity index (χ0v) is 11.8. The van der Waals surface area contributed by atoms with Gasteiger partial charge in [0.15, 0.2) is 0 Å². The van der Waals surface area contributed by atoms with Crippen molar-refractivity contribution in [1.82, 2.24) is 0 Å². The predicted molar refractivity (Wildman–Crippen MR) is 74.7 cm³/mol. The molecule has 0 heterocycles. The SMILES string of the molecule is O=C(O)COCCOCCCC(=O)OCc1ccccc1. The fourth-order valence-electron chi connectivity index (χ4n) is 1.51. The third-order valence-corrected chi connectivity index (χ3v) is 2.51. The van der Waals surface area contributed by atoms with Crippen molar-refractivity contribution < 1.29 is 28.9 Å². The van der Waals surface area contributed by atoms with Gasteiger partial charge in [-0.05, 0) is 12.0 Å². The molecular formula is C15H20O6. The van der Waals surface area contributed by atoms with Crippen LogP contribution in [0.4, 0.5) is 0 Å². The van der Waals surface area contributed by atoms with Gasteiger partial charge in [0.1, 0.15) is 13.2 Å². The first kappa shape index (κ1) is 17.1. The number of hydrogen-bond donors (Lipinski definition) is 1. The molecule has 0 spiro atoms. The smallest absolute Gasteiger partial charge is 0.329 e. The quantitative estimate of drug-likeness (QED) is 0.493. The zero-order chi connectivity index (χ0) is 15.3. The molecule has 1 aromatic carbocycles. The highest BCUT2D eigenvalue weighted by atomic mass is 16.5. The van der Waals surface area contributed by atoms with Crippen molar-refractivity contribution >= 4 is 11.9 Å². The molecule has 0 saturated heterocycles. The monoisotopic (exact) mass is 296 g/mol. The van der Waals surface area contributed by atoms with Crippen molar-refractivity contribution in [3.05, 3.63) is 35.9 Å². The molecule has 0 radical (unpaired) electrons. The van der Waals surface area contributed by atoms with Gasteiger partial charge in [0, 0.05) is 13.0 Å². The molecule has 0 atom stereocenters. The number of carbonyl (C=O) groups excluding carboxylic acids is 1. The van der Waals surface area contributed by atoms with Crippen LogP contribution in [-0.2, 0) is 30.4 Å². The molecule has 0 aliphatic carbocycles. The molecule has 0 bridgehead atoms. The average Bonchev–Trinajstić information content (AvgIpc) is 2.48. The summed E-state index contributed by atoms with van der Waals surface area (Å²) in [6, 6.07) is 9.48. The van der Waals surface area contributed by atoms with E-state index in [0.717, 1.165) is 5.56 Å². The molecule has 116 valence electrons. The highest BCUT2D eigenvalue weighted by Crippen LogP contribution is 2.02. The largest absolute Gasteiger partial charge is 0.480 e. The molecule has 0 aromatic heterocycles. The van der Waals surface area contributed by atoms with Gasteiger partial charge < -0.3 is 19.3 Å². The van der Waals surface area contributed by atoms with Crippen molar-refractivity contribution in [2.45, 2.75) is 19.4 Å². The van der Waals surface area contributed by atoms with E-state index in [2.05, 4.69) is 0 Å². The van der Waals surface area contributed by atoms with Crippen molar-refractivity contribution in [2.24, 2.45) is 0 Å². The van der Waals surface area contributed by atoms with E-state index in [9.17, 15) is 9.59 Å². The van der Waals surface area contributed by atoms with E-state index in [4.69, 9.17) is 19.3 Å². The summed E-state index contributed by atoms with van der Waals surface area (Å²) in [5, 5.41) is 8.33. The van der Waals surface area contributed by atoms with Crippen LogP contribution in [0.25, 0.3) is 0 Å². The molecule has 6 heteroatoms. The number of hydrogen-bond acceptors (Lipinski definition) is 5. The van der Waals surface area contributed by atoms with E-state index in [1.165, 1.54) is 0 Å². The Labute approximate surface area is 123 Å². The van der Waals surface area contributed by atoms with Gasteiger partial charge in [-0.2, -0.15) is 0 Å². The number of carboxylic acids is 1. The summed E-state index contributed by atoms with van der Waals surface area (Å²) in [5.41, 5.74) is 0.956. The highest BCUT2D eigenvalue weighted by Gasteiger charge is 2.03. The number of rotatable bonds is 11. The fourth-order valence-corrected chi connectivity index (χ4v) is 1.51. The van der Waals surface area contributed by atoms with Gasteiger partial charge in [-0.15, -0.1) is 0 Å². The number of esters is 1. The van der Waals surface area contributed by atoms with Crippen LogP contribution in [0.1, 0.15) is 18.4 Å². The van der Waals surface area contributed by atoms with Gasteiger partial charge in [-0.1, -0.05) is 30.3 Å². The minimum Gasteiger partial charge on any atom is -0.480 e. The topological polar surface area (TPSA) is 82.1 Å². The van der Waals surface area contributed by atoms with Gasteiger partial charge in [0.05, 0.1) is 13.2 Å². The second-order valence-electron chi connectivity index (χ2n) is 4.31. The Morgan fingerprint density at radius 2 is 1.71 bits per heavy atom. The van der Waals surface area contributed by atoms with Gasteiger partial charge in [-0.3, -0.25) is 4.79 Å². The van der Waals surface area contributed by atoms with Crippen molar-refractivity contribution in [3.63, 3.8) is 0 Å². The van der Waals surface area contributed by atoms with Crippen LogP contribution < -0.4 is 0 Å². The maximum atomic E-state index is 11.5. The lowest BCUT2D eigenvalue weighted by molar-refractivity contribution is -0.146. The fraction of sp³-hybridized carbons (Fsp3) is 0.467. The summed E-state index contributed by atoms with van der Waals surface area (Å²) >= 11 is 0. The van der Waals surface area contributed by atoms with Crippen LogP contribution in [0, 0.1) is 0 Å². The molecule has 0 fully saturated rings. The van der Waals surface area contributed by atoms with Crippen molar-refractivity contribution in [1.29, 1.82) is 0 Å². The molecule has 0 unspecified atom stereocenters. The first-order valence-electron chi connectivity index (χ1n) is 6.75. The van der Waals surface area contributed by atoms with Gasteiger partial charge in [0.25, 0.3) is 0 Å². The van der Waals surface area contributed by atoms with E-state index in [0.29, 0.717) is 26.1 Å². The summed E-state index contributed by atoms with van der Waals surface area (Å²) in [7, 11) is 0. The first-order chi connectivity index (χ1) is 10.2. The molecule has 1 N–H and O–H groups in total. The molecule has 0 amide bonds. The number of aliphatic carboxylic acids is 1. The molecule has 1 aromatic rings. The average molecular weight is 296 g/mol. The standard InChI is InChI=1S/C15H20O6/c16-14(17)12-20-10-9-19-8-4-7-15(18)21-11-13-5-2-1-3-6-13/h1-3,5-6H,4,7-12H2,(H,16,17). The Balaban J connectivity index is 1.93. The van der Waals surface area contributed by atoms with E-state index in [-0.39, 0.29) is 25.8 Å². The lowest BCUT2D eigenvalue weighted by atomic mass is 10.2. The van der Waals surface area contributed by atoms with Crippen LogP contribution in [0.5, 0.6) is 0 Å². The van der Waals surface area contributed by atoms with Crippen molar-refractivity contribution in [3.8, 4) is 0 Å². The van der Waals surface area contributed by atoms with Gasteiger partial charge in [-0.25, -0.2) is 4.79 Å². The lowest BCUT2D eigenvalue weighted by Gasteiger charge is -2.06. The minimum atomic E-state index is -1.00. The third-order valence-electron chi connectivity index (χ3n) is 2.51. The minimum absolute atomic E-state index is 0.227. The van der Waals surface area contributed by atoms with Crippen LogP contribution in [0.3, 0.4) is 0 Å². The Bertz CT molecular complexity index is 417. The van der Waals surface area contributed by atoms with E-state index in [1.807, 2.05) is 30.3 Å². The molecule has 0 saturated carbocycles. The number of carboxylic acid groups (broad SMARTS) is 1. The maximum absolute atomic E-state index is 11.5. The molecule has 0 aliphatic heterocycles. The summed E-state index contributed by atoms with van der Waals surface area (Å²) in [4.78, 5) is 21.6. The molecule has 21 heavy (non-hydrogen) atoms. The van der Waals surface area contributed by atoms with Gasteiger partial charge >= 0.3 is 11.9 Å². The summed E-state index contributed by atoms with van der Waals surface area (Å²) in [6.07, 6.45) is 0.857. The molecule has 6 nitrogen and oxygen atoms in total. The number of benzene rings is 1. The summed E-state index contributed by atoms with van der Waals surface area (Å²) in [5.74, 6) is -1.26. The second-order valence-corrected chi connectivity index (χ2v) is 4.31. The Morgan fingerprint density at radius 3 is 2.43 bits per heavy atom. The number of carbonyl (C=O) groups is 2. The lowest BCUT2D eigenvalue weighted by Crippen LogP contribution is -2.12. The second kappa shape index (κ2) is 10.8.